The van der Waals surface area contributed by atoms with Crippen LogP contribution in [0.2, 0.25) is 0 Å². The predicted molar refractivity (Wildman–Crippen MR) is 163 cm³/mol. The van der Waals surface area contributed by atoms with Crippen LogP contribution in [0.3, 0.4) is 0 Å². The van der Waals surface area contributed by atoms with Crippen LogP contribution in [0.5, 0.6) is 0 Å². The topological polar surface area (TPSA) is 4.93 Å². The van der Waals surface area contributed by atoms with Crippen molar-refractivity contribution in [1.82, 2.24) is 4.57 Å². The third-order valence-electron chi connectivity index (χ3n) is 7.56. The van der Waals surface area contributed by atoms with Crippen LogP contribution >= 0.6 is 0 Å². The van der Waals surface area contributed by atoms with Crippen molar-refractivity contribution in [3.05, 3.63) is 96.1 Å². The number of aromatic nitrogens is 1. The maximum absolute atomic E-state index is 2.50. The van der Waals surface area contributed by atoms with Gasteiger partial charge in [-0.25, -0.2) is 0 Å². The maximum Gasteiger partial charge on any atom is 0.0496 e. The van der Waals surface area contributed by atoms with Gasteiger partial charge < -0.3 is 4.57 Å². The molecule has 1 nitrogen and oxygen atoms in total. The zero-order chi connectivity index (χ0) is 26.8. The first-order chi connectivity index (χ1) is 17.2. The average Bonchev–Trinajstić information content (AvgIpc) is 3.16. The van der Waals surface area contributed by atoms with Gasteiger partial charge in [-0.3, -0.25) is 0 Å². The summed E-state index contributed by atoms with van der Waals surface area (Å²) in [5.74, 6) is 0. The zero-order valence-corrected chi connectivity index (χ0v) is 24.0. The number of rotatable bonds is 2. The highest BCUT2D eigenvalue weighted by Gasteiger charge is 2.22. The van der Waals surface area contributed by atoms with E-state index in [9.17, 15) is 0 Å². The van der Waals surface area contributed by atoms with E-state index in [0.29, 0.717) is 0 Å². The predicted octanol–water partition coefficient (Wildman–Crippen LogP) is 10.5. The van der Waals surface area contributed by atoms with E-state index < -0.39 is 0 Å². The van der Waals surface area contributed by atoms with E-state index in [4.69, 9.17) is 0 Å². The Labute approximate surface area is 223 Å². The molecule has 0 N–H and O–H groups in total. The molecule has 0 bridgehead atoms. The normalized spacial score (nSPS) is 13.0. The van der Waals surface area contributed by atoms with E-state index in [0.717, 1.165) is 0 Å². The van der Waals surface area contributed by atoms with Gasteiger partial charge in [0.05, 0.1) is 0 Å². The van der Waals surface area contributed by atoms with Crippen molar-refractivity contribution in [1.29, 1.82) is 0 Å². The first kappa shape index (κ1) is 25.3. The Morgan fingerprint density at radius 1 is 0.432 bits per heavy atom. The van der Waals surface area contributed by atoms with Gasteiger partial charge in [0.2, 0.25) is 0 Å². The van der Waals surface area contributed by atoms with Gasteiger partial charge in [-0.2, -0.15) is 0 Å². The van der Waals surface area contributed by atoms with E-state index >= 15 is 0 Å². The van der Waals surface area contributed by atoms with Gasteiger partial charge in [-0.15, -0.1) is 0 Å². The van der Waals surface area contributed by atoms with Crippen molar-refractivity contribution in [3.63, 3.8) is 0 Å². The molecule has 1 aromatic heterocycles. The summed E-state index contributed by atoms with van der Waals surface area (Å²) in [5.41, 5.74) is 10.6. The Morgan fingerprint density at radius 2 is 0.811 bits per heavy atom. The molecule has 0 amide bonds. The summed E-state index contributed by atoms with van der Waals surface area (Å²) < 4.78 is 2.50. The molecule has 37 heavy (non-hydrogen) atoms. The van der Waals surface area contributed by atoms with Crippen molar-refractivity contribution in [3.8, 4) is 22.3 Å². The van der Waals surface area contributed by atoms with Gasteiger partial charge in [0.1, 0.15) is 0 Å². The summed E-state index contributed by atoms with van der Waals surface area (Å²) in [6.45, 7) is 20.6. The molecule has 1 heteroatoms. The smallest absolute Gasteiger partial charge is 0.0496 e. The molecular formula is C36H41N. The maximum atomic E-state index is 2.50. The van der Waals surface area contributed by atoms with Crippen LogP contribution in [0.1, 0.15) is 73.4 Å². The molecule has 0 unspecified atom stereocenters. The Balaban J connectivity index is 1.75. The molecule has 0 aliphatic carbocycles. The third-order valence-corrected chi connectivity index (χ3v) is 7.56. The highest BCUT2D eigenvalue weighted by molar-refractivity contribution is 6.10. The molecule has 0 atom stereocenters. The minimum atomic E-state index is -0.0265. The quantitative estimate of drug-likeness (QED) is 0.233. The van der Waals surface area contributed by atoms with E-state index in [2.05, 4.69) is 152 Å². The lowest BCUT2D eigenvalue weighted by molar-refractivity contribution is 0.423. The number of hydrogen-bond donors (Lipinski definition) is 0. The van der Waals surface area contributed by atoms with Gasteiger partial charge in [-0.1, -0.05) is 102 Å². The summed E-state index contributed by atoms with van der Waals surface area (Å²) in [5, 5.41) is 2.63. The standard InChI is InChI=1S/C36H41N/c1-34(2,3)28-14-10-12-24(20-28)26-16-18-32-30(22-26)31-23-27(17-19-33(31)37(32)36(7,8)9)25-13-11-15-29(21-25)35(4,5)6/h10-23H,1-9H3. The largest absolute Gasteiger partial charge is 0.335 e. The molecule has 0 spiro atoms. The molecule has 0 saturated carbocycles. The van der Waals surface area contributed by atoms with Crippen molar-refractivity contribution < 1.29 is 0 Å². The van der Waals surface area contributed by atoms with Gasteiger partial charge in [0, 0.05) is 27.3 Å². The van der Waals surface area contributed by atoms with Crippen LogP contribution in [-0.4, -0.2) is 4.57 Å². The van der Waals surface area contributed by atoms with E-state index in [-0.39, 0.29) is 16.4 Å². The van der Waals surface area contributed by atoms with Crippen molar-refractivity contribution in [2.45, 2.75) is 78.7 Å². The molecule has 190 valence electrons. The number of nitrogens with zero attached hydrogens (tertiary/aromatic N) is 1. The Hall–Kier alpha value is -3.32. The number of benzene rings is 4. The molecule has 5 aromatic rings. The molecule has 0 fully saturated rings. The second kappa shape index (κ2) is 8.62. The minimum absolute atomic E-state index is 0.0265. The highest BCUT2D eigenvalue weighted by Crippen LogP contribution is 2.39. The molecule has 5 rings (SSSR count). The summed E-state index contributed by atoms with van der Waals surface area (Å²) in [7, 11) is 0. The Morgan fingerprint density at radius 3 is 1.16 bits per heavy atom. The summed E-state index contributed by atoms with van der Waals surface area (Å²) in [6.07, 6.45) is 0. The molecule has 0 aliphatic heterocycles. The Kier molecular flexibility index (Phi) is 5.90. The second-order valence-electron chi connectivity index (χ2n) is 13.6. The average molecular weight is 488 g/mol. The van der Waals surface area contributed by atoms with Crippen LogP contribution in [0.15, 0.2) is 84.9 Å². The van der Waals surface area contributed by atoms with Crippen LogP contribution < -0.4 is 0 Å². The molecule has 0 radical (unpaired) electrons. The van der Waals surface area contributed by atoms with Crippen LogP contribution in [0.4, 0.5) is 0 Å². The zero-order valence-electron chi connectivity index (χ0n) is 24.0. The fourth-order valence-corrected chi connectivity index (χ4v) is 5.44. The first-order valence-corrected chi connectivity index (χ1v) is 13.5. The van der Waals surface area contributed by atoms with Gasteiger partial charge >= 0.3 is 0 Å². The lowest BCUT2D eigenvalue weighted by Crippen LogP contribution is -2.21. The van der Waals surface area contributed by atoms with Gasteiger partial charge in [0.25, 0.3) is 0 Å². The summed E-state index contributed by atoms with van der Waals surface area (Å²) in [6, 6.07) is 32.1. The molecule has 1 heterocycles. The molecule has 4 aromatic carbocycles. The van der Waals surface area contributed by atoms with Crippen molar-refractivity contribution >= 4 is 21.8 Å². The second-order valence-corrected chi connectivity index (χ2v) is 13.6. The monoisotopic (exact) mass is 487 g/mol. The summed E-state index contributed by atoms with van der Waals surface area (Å²) >= 11 is 0. The van der Waals surface area contributed by atoms with Crippen molar-refractivity contribution in [2.75, 3.05) is 0 Å². The molecule has 0 aliphatic rings. The molecule has 0 saturated heterocycles. The third kappa shape index (κ3) is 4.73. The number of hydrogen-bond acceptors (Lipinski definition) is 0. The van der Waals surface area contributed by atoms with E-state index in [1.54, 1.807) is 0 Å². The van der Waals surface area contributed by atoms with E-state index in [1.807, 2.05) is 0 Å². The molecular weight excluding hydrogens is 446 g/mol. The van der Waals surface area contributed by atoms with Crippen LogP contribution in [0, 0.1) is 0 Å². The van der Waals surface area contributed by atoms with Crippen LogP contribution in [-0.2, 0) is 16.4 Å². The fraction of sp³-hybridized carbons (Fsp3) is 0.333. The lowest BCUT2D eigenvalue weighted by Gasteiger charge is -2.24. The van der Waals surface area contributed by atoms with Gasteiger partial charge in [-0.05, 0) is 89.2 Å². The first-order valence-electron chi connectivity index (χ1n) is 13.5. The number of fused-ring (bicyclic) bond motifs is 3. The van der Waals surface area contributed by atoms with E-state index in [1.165, 1.54) is 55.2 Å². The summed E-state index contributed by atoms with van der Waals surface area (Å²) in [4.78, 5) is 0. The SMILES string of the molecule is CC(C)(C)c1cccc(-c2ccc3c(c2)c2cc(-c4cccc(C(C)(C)C)c4)ccc2n3C(C)(C)C)c1. The highest BCUT2D eigenvalue weighted by atomic mass is 15.0. The fourth-order valence-electron chi connectivity index (χ4n) is 5.44. The van der Waals surface area contributed by atoms with Crippen LogP contribution in [0.25, 0.3) is 44.1 Å². The Bertz CT molecular complexity index is 1490. The van der Waals surface area contributed by atoms with Crippen molar-refractivity contribution in [2.24, 2.45) is 0 Å². The van der Waals surface area contributed by atoms with Gasteiger partial charge in [0.15, 0.2) is 0 Å². The minimum Gasteiger partial charge on any atom is -0.335 e. The lowest BCUT2D eigenvalue weighted by atomic mass is 9.85.